The van der Waals surface area contributed by atoms with Gasteiger partial charge < -0.3 is 9.16 Å². The van der Waals surface area contributed by atoms with E-state index < -0.39 is 8.32 Å². The van der Waals surface area contributed by atoms with Crippen molar-refractivity contribution in [2.45, 2.75) is 58.9 Å². The van der Waals surface area contributed by atoms with Crippen LogP contribution in [0.25, 0.3) is 0 Å². The molecule has 0 saturated carbocycles. The minimum atomic E-state index is -1.77. The van der Waals surface area contributed by atoms with E-state index in [4.69, 9.17) is 9.16 Å². The summed E-state index contributed by atoms with van der Waals surface area (Å²) in [4.78, 5) is 0. The molecule has 0 spiro atoms. The van der Waals surface area contributed by atoms with Crippen molar-refractivity contribution in [1.29, 1.82) is 0 Å². The van der Waals surface area contributed by atoms with Gasteiger partial charge in [-0.2, -0.15) is 0 Å². The summed E-state index contributed by atoms with van der Waals surface area (Å²) < 4.78 is 13.2. The van der Waals surface area contributed by atoms with Crippen molar-refractivity contribution in [3.63, 3.8) is 0 Å². The van der Waals surface area contributed by atoms with Crippen LogP contribution in [0.4, 0.5) is 0 Å². The molecule has 0 aliphatic carbocycles. The first-order valence-corrected chi connectivity index (χ1v) is 11.2. The van der Waals surface area contributed by atoms with E-state index in [1.807, 2.05) is 0 Å². The summed E-state index contributed by atoms with van der Waals surface area (Å²) in [5.41, 5.74) is 1.22. The topological polar surface area (TPSA) is 18.5 Å². The zero-order chi connectivity index (χ0) is 15.4. The summed E-state index contributed by atoms with van der Waals surface area (Å²) >= 11 is 2.36. The average Bonchev–Trinajstić information content (AvgIpc) is 2.31. The number of benzene rings is 1. The van der Waals surface area contributed by atoms with Crippen molar-refractivity contribution in [3.8, 4) is 5.75 Å². The van der Waals surface area contributed by atoms with Crippen LogP contribution in [0, 0.1) is 3.57 Å². The lowest BCUT2D eigenvalue weighted by molar-refractivity contribution is 0.121. The van der Waals surface area contributed by atoms with Crippen molar-refractivity contribution in [1.82, 2.24) is 0 Å². The van der Waals surface area contributed by atoms with Gasteiger partial charge in [0.1, 0.15) is 5.75 Å². The van der Waals surface area contributed by atoms with Gasteiger partial charge in [0, 0.05) is 10.2 Å². The fourth-order valence-electron chi connectivity index (χ4n) is 1.50. The van der Waals surface area contributed by atoms with Crippen LogP contribution in [0.5, 0.6) is 5.75 Å². The molecule has 0 heterocycles. The summed E-state index contributed by atoms with van der Waals surface area (Å²) in [5.74, 6) is 0.979. The highest BCUT2D eigenvalue weighted by molar-refractivity contribution is 14.1. The van der Waals surface area contributed by atoms with Gasteiger partial charge in [-0.15, -0.1) is 0 Å². The molecule has 2 nitrogen and oxygen atoms in total. The lowest BCUT2D eigenvalue weighted by Crippen LogP contribution is -2.43. The Labute approximate surface area is 138 Å². The van der Waals surface area contributed by atoms with Crippen LogP contribution >= 0.6 is 22.6 Å². The van der Waals surface area contributed by atoms with E-state index in [9.17, 15) is 0 Å². The predicted octanol–water partition coefficient (Wildman–Crippen LogP) is 5.60. The fourth-order valence-corrected chi connectivity index (χ4v) is 3.01. The summed E-state index contributed by atoms with van der Waals surface area (Å²) in [6.07, 6.45) is 1.05. The molecule has 114 valence electrons. The highest BCUT2D eigenvalue weighted by Crippen LogP contribution is 2.37. The Morgan fingerprint density at radius 1 is 1.20 bits per heavy atom. The quantitative estimate of drug-likeness (QED) is 0.348. The third-order valence-electron chi connectivity index (χ3n) is 3.80. The van der Waals surface area contributed by atoms with Crippen LogP contribution in [0.2, 0.25) is 18.1 Å². The predicted molar refractivity (Wildman–Crippen MR) is 96.9 cm³/mol. The normalized spacial score (nSPS) is 12.6. The molecule has 1 aromatic carbocycles. The number of hydrogen-bond acceptors (Lipinski definition) is 2. The maximum atomic E-state index is 6.35. The average molecular weight is 406 g/mol. The first-order valence-electron chi connectivity index (χ1n) is 7.22. The number of ether oxygens (including phenoxy) is 1. The molecule has 0 aliphatic rings. The van der Waals surface area contributed by atoms with Crippen molar-refractivity contribution < 1.29 is 9.16 Å². The molecule has 0 bridgehead atoms. The lowest BCUT2D eigenvalue weighted by atomic mass is 10.2. The zero-order valence-electron chi connectivity index (χ0n) is 13.5. The highest BCUT2D eigenvalue weighted by atomic mass is 127. The van der Waals surface area contributed by atoms with E-state index in [1.54, 1.807) is 0 Å². The minimum absolute atomic E-state index is 0.217. The molecule has 0 fully saturated rings. The van der Waals surface area contributed by atoms with Gasteiger partial charge in [0.2, 0.25) is 8.32 Å². The van der Waals surface area contributed by atoms with Gasteiger partial charge >= 0.3 is 0 Å². The van der Waals surface area contributed by atoms with Crippen LogP contribution in [-0.2, 0) is 11.3 Å². The van der Waals surface area contributed by atoms with E-state index in [-0.39, 0.29) is 5.04 Å². The molecule has 0 aromatic heterocycles. The smallest absolute Gasteiger partial charge is 0.250 e. The summed E-state index contributed by atoms with van der Waals surface area (Å²) in [6.45, 7) is 14.9. The molecule has 4 heteroatoms. The first-order chi connectivity index (χ1) is 9.17. The summed E-state index contributed by atoms with van der Waals surface area (Å²) in [7, 11) is -1.77. The molecule has 0 unspecified atom stereocenters. The monoisotopic (exact) mass is 406 g/mol. The third-order valence-corrected chi connectivity index (χ3v) is 9.21. The largest absolute Gasteiger partial charge is 0.543 e. The molecule has 0 aliphatic heterocycles. The third kappa shape index (κ3) is 5.04. The van der Waals surface area contributed by atoms with E-state index in [0.717, 1.165) is 18.8 Å². The number of rotatable bonds is 6. The van der Waals surface area contributed by atoms with Crippen molar-refractivity contribution >= 4 is 30.9 Å². The van der Waals surface area contributed by atoms with Crippen molar-refractivity contribution in [2.75, 3.05) is 6.61 Å². The molecule has 0 saturated heterocycles. The second kappa shape index (κ2) is 7.27. The molecule has 0 radical (unpaired) electrons. The van der Waals surface area contributed by atoms with Crippen LogP contribution < -0.4 is 4.43 Å². The van der Waals surface area contributed by atoms with Gasteiger partial charge in [-0.25, -0.2) is 0 Å². The molecule has 0 amide bonds. The van der Waals surface area contributed by atoms with Gasteiger partial charge in [-0.1, -0.05) is 27.7 Å². The number of halogens is 1. The second-order valence-corrected chi connectivity index (χ2v) is 12.6. The molecular weight excluding hydrogens is 379 g/mol. The molecule has 0 atom stereocenters. The Morgan fingerprint density at radius 3 is 2.40 bits per heavy atom. The van der Waals surface area contributed by atoms with E-state index in [1.165, 1.54) is 9.13 Å². The van der Waals surface area contributed by atoms with Crippen molar-refractivity contribution in [2.24, 2.45) is 0 Å². The van der Waals surface area contributed by atoms with Crippen LogP contribution in [0.1, 0.15) is 39.7 Å². The Balaban J connectivity index is 2.84. The Kier molecular flexibility index (Phi) is 6.53. The number of hydrogen-bond donors (Lipinski definition) is 0. The molecule has 1 rings (SSSR count). The SMILES string of the molecule is CCCOCc1cc(O[Si](C)(C)C(C)(C)C)ccc1I. The molecule has 0 N–H and O–H groups in total. The van der Waals surface area contributed by atoms with Gasteiger partial charge in [-0.05, 0) is 70.9 Å². The van der Waals surface area contributed by atoms with E-state index in [0.29, 0.717) is 6.61 Å². The van der Waals surface area contributed by atoms with Gasteiger partial charge in [0.15, 0.2) is 0 Å². The molecular formula is C16H27IO2Si. The van der Waals surface area contributed by atoms with E-state index >= 15 is 0 Å². The standard InChI is InChI=1S/C16H27IO2Si/c1-7-10-18-12-13-11-14(8-9-15(13)17)19-20(5,6)16(2,3)4/h8-9,11H,7,10,12H2,1-6H3. The maximum Gasteiger partial charge on any atom is 0.250 e. The second-order valence-electron chi connectivity index (χ2n) is 6.67. The summed E-state index contributed by atoms with van der Waals surface area (Å²) in [5, 5.41) is 0.217. The highest BCUT2D eigenvalue weighted by Gasteiger charge is 2.38. The lowest BCUT2D eigenvalue weighted by Gasteiger charge is -2.36. The molecule has 1 aromatic rings. The van der Waals surface area contributed by atoms with Crippen molar-refractivity contribution in [3.05, 3.63) is 27.3 Å². The van der Waals surface area contributed by atoms with Crippen LogP contribution in [0.15, 0.2) is 18.2 Å². The minimum Gasteiger partial charge on any atom is -0.543 e. The summed E-state index contributed by atoms with van der Waals surface area (Å²) in [6, 6.07) is 6.33. The van der Waals surface area contributed by atoms with Gasteiger partial charge in [0.25, 0.3) is 0 Å². The van der Waals surface area contributed by atoms with Gasteiger partial charge in [0.05, 0.1) is 6.61 Å². The van der Waals surface area contributed by atoms with E-state index in [2.05, 4.69) is 81.6 Å². The van der Waals surface area contributed by atoms with Crippen LogP contribution in [0.3, 0.4) is 0 Å². The Morgan fingerprint density at radius 2 is 1.85 bits per heavy atom. The Bertz CT molecular complexity index is 439. The molecule has 20 heavy (non-hydrogen) atoms. The van der Waals surface area contributed by atoms with Crippen LogP contribution in [-0.4, -0.2) is 14.9 Å². The zero-order valence-corrected chi connectivity index (χ0v) is 16.7. The fraction of sp³-hybridized carbons (Fsp3) is 0.625. The first kappa shape index (κ1) is 18.0. The Hall–Kier alpha value is -0.0731. The maximum absolute atomic E-state index is 6.35. The van der Waals surface area contributed by atoms with Gasteiger partial charge in [-0.3, -0.25) is 0 Å².